The van der Waals surface area contributed by atoms with E-state index in [1.807, 2.05) is 31.2 Å². The zero-order valence-corrected chi connectivity index (χ0v) is 14.5. The van der Waals surface area contributed by atoms with E-state index < -0.39 is 0 Å². The van der Waals surface area contributed by atoms with Gasteiger partial charge in [-0.2, -0.15) is 0 Å². The molecule has 23 heavy (non-hydrogen) atoms. The number of carbonyl (C=O) groups excluding carboxylic acids is 1. The third-order valence-corrected chi connectivity index (χ3v) is 5.19. The SMILES string of the molecule is Cc1ccc(NC(=O)CN2CCC3(CC2)COC(C)(C)C3)cc1. The number of aryl methyl sites for hydroxylation is 1. The normalized spacial score (nSPS) is 23.1. The number of carbonyl (C=O) groups is 1. The number of amides is 1. The number of hydrogen-bond donors (Lipinski definition) is 1. The molecular weight excluding hydrogens is 288 g/mol. The highest BCUT2D eigenvalue weighted by atomic mass is 16.5. The van der Waals surface area contributed by atoms with Gasteiger partial charge in [0.05, 0.1) is 18.8 Å². The first-order chi connectivity index (χ1) is 10.9. The number of rotatable bonds is 3. The molecule has 1 N–H and O–H groups in total. The van der Waals surface area contributed by atoms with Gasteiger partial charge in [-0.3, -0.25) is 9.69 Å². The van der Waals surface area contributed by atoms with Gasteiger partial charge in [0.15, 0.2) is 0 Å². The Hall–Kier alpha value is -1.39. The topological polar surface area (TPSA) is 41.6 Å². The van der Waals surface area contributed by atoms with E-state index >= 15 is 0 Å². The molecular formula is C19H28N2O2. The minimum atomic E-state index is 0.0188. The van der Waals surface area contributed by atoms with Crippen LogP contribution in [0.15, 0.2) is 24.3 Å². The molecule has 3 rings (SSSR count). The molecule has 0 atom stereocenters. The summed E-state index contributed by atoms with van der Waals surface area (Å²) in [5, 5.41) is 2.99. The average molecular weight is 316 g/mol. The smallest absolute Gasteiger partial charge is 0.238 e. The summed E-state index contributed by atoms with van der Waals surface area (Å²) in [5.41, 5.74) is 2.43. The molecule has 126 valence electrons. The van der Waals surface area contributed by atoms with Gasteiger partial charge in [-0.15, -0.1) is 0 Å². The molecule has 0 radical (unpaired) electrons. The number of hydrogen-bond acceptors (Lipinski definition) is 3. The highest BCUT2D eigenvalue weighted by Crippen LogP contribution is 2.46. The Kier molecular flexibility index (Phi) is 4.47. The van der Waals surface area contributed by atoms with E-state index in [1.54, 1.807) is 0 Å². The molecule has 2 aliphatic rings. The number of piperidine rings is 1. The van der Waals surface area contributed by atoms with E-state index in [0.717, 1.165) is 44.6 Å². The number of benzene rings is 1. The Bertz CT molecular complexity index is 557. The van der Waals surface area contributed by atoms with Crippen LogP contribution < -0.4 is 5.32 Å². The standard InChI is InChI=1S/C19H28N2O2/c1-15-4-6-16(7-5-15)20-17(22)12-21-10-8-19(9-11-21)13-18(2,3)23-14-19/h4-7H,8-14H2,1-3H3,(H,20,22). The Morgan fingerprint density at radius 2 is 1.87 bits per heavy atom. The van der Waals surface area contributed by atoms with Crippen molar-refractivity contribution < 1.29 is 9.53 Å². The molecule has 2 aliphatic heterocycles. The van der Waals surface area contributed by atoms with E-state index in [1.165, 1.54) is 5.56 Å². The molecule has 0 unspecified atom stereocenters. The predicted molar refractivity (Wildman–Crippen MR) is 92.6 cm³/mol. The fourth-order valence-corrected chi connectivity index (χ4v) is 3.90. The van der Waals surface area contributed by atoms with Crippen LogP contribution in [0, 0.1) is 12.3 Å². The number of anilines is 1. The monoisotopic (exact) mass is 316 g/mol. The molecule has 1 spiro atoms. The Morgan fingerprint density at radius 1 is 1.22 bits per heavy atom. The first-order valence-electron chi connectivity index (χ1n) is 8.59. The molecule has 2 saturated heterocycles. The summed E-state index contributed by atoms with van der Waals surface area (Å²) in [7, 11) is 0. The lowest BCUT2D eigenvalue weighted by Gasteiger charge is -2.38. The molecule has 1 amide bonds. The summed E-state index contributed by atoms with van der Waals surface area (Å²) in [6, 6.07) is 7.94. The number of nitrogens with one attached hydrogen (secondary N) is 1. The van der Waals surface area contributed by atoms with Crippen LogP contribution in [-0.4, -0.2) is 42.6 Å². The van der Waals surface area contributed by atoms with Gasteiger partial charge in [0.25, 0.3) is 0 Å². The maximum absolute atomic E-state index is 12.2. The van der Waals surface area contributed by atoms with E-state index in [9.17, 15) is 4.79 Å². The Balaban J connectivity index is 1.47. The lowest BCUT2D eigenvalue weighted by atomic mass is 9.74. The summed E-state index contributed by atoms with van der Waals surface area (Å²) >= 11 is 0. The summed E-state index contributed by atoms with van der Waals surface area (Å²) in [6.45, 7) is 9.74. The molecule has 0 saturated carbocycles. The molecule has 4 nitrogen and oxygen atoms in total. The molecule has 0 aromatic heterocycles. The van der Waals surface area contributed by atoms with Crippen molar-refractivity contribution in [2.24, 2.45) is 5.41 Å². The lowest BCUT2D eigenvalue weighted by Crippen LogP contribution is -2.44. The van der Waals surface area contributed by atoms with Crippen molar-refractivity contribution in [2.75, 3.05) is 31.6 Å². The van der Waals surface area contributed by atoms with Crippen LogP contribution in [0.2, 0.25) is 0 Å². The van der Waals surface area contributed by atoms with Crippen LogP contribution in [0.25, 0.3) is 0 Å². The van der Waals surface area contributed by atoms with Gasteiger partial charge >= 0.3 is 0 Å². The van der Waals surface area contributed by atoms with Gasteiger partial charge < -0.3 is 10.1 Å². The molecule has 4 heteroatoms. The van der Waals surface area contributed by atoms with Gasteiger partial charge in [0.1, 0.15) is 0 Å². The molecule has 2 fully saturated rings. The number of likely N-dealkylation sites (tertiary alicyclic amines) is 1. The zero-order valence-electron chi connectivity index (χ0n) is 14.5. The van der Waals surface area contributed by atoms with Crippen LogP contribution in [0.5, 0.6) is 0 Å². The first kappa shape index (κ1) is 16.5. The molecule has 1 aromatic rings. The van der Waals surface area contributed by atoms with E-state index in [4.69, 9.17) is 4.74 Å². The second-order valence-corrected chi connectivity index (χ2v) is 7.92. The summed E-state index contributed by atoms with van der Waals surface area (Å²) in [5.74, 6) is 0.0767. The minimum Gasteiger partial charge on any atom is -0.375 e. The molecule has 2 heterocycles. The Morgan fingerprint density at radius 3 is 2.43 bits per heavy atom. The van der Waals surface area contributed by atoms with Crippen LogP contribution >= 0.6 is 0 Å². The third-order valence-electron chi connectivity index (χ3n) is 5.19. The molecule has 1 aromatic carbocycles. The highest BCUT2D eigenvalue weighted by Gasteiger charge is 2.45. The van der Waals surface area contributed by atoms with Gasteiger partial charge in [-0.25, -0.2) is 0 Å². The number of nitrogens with zero attached hydrogens (tertiary/aromatic N) is 1. The van der Waals surface area contributed by atoms with E-state index in [0.29, 0.717) is 12.0 Å². The summed E-state index contributed by atoms with van der Waals surface area (Å²) in [6.07, 6.45) is 3.41. The maximum atomic E-state index is 12.2. The maximum Gasteiger partial charge on any atom is 0.238 e. The largest absolute Gasteiger partial charge is 0.375 e. The van der Waals surface area contributed by atoms with Crippen molar-refractivity contribution in [3.8, 4) is 0 Å². The first-order valence-corrected chi connectivity index (χ1v) is 8.59. The van der Waals surface area contributed by atoms with Gasteiger partial charge in [-0.1, -0.05) is 17.7 Å². The minimum absolute atomic E-state index is 0.0188. The second kappa shape index (κ2) is 6.25. The van der Waals surface area contributed by atoms with Crippen molar-refractivity contribution in [2.45, 2.75) is 45.6 Å². The third kappa shape index (κ3) is 4.12. The predicted octanol–water partition coefficient (Wildman–Crippen LogP) is 3.21. The summed E-state index contributed by atoms with van der Waals surface area (Å²) < 4.78 is 5.94. The Labute approximate surface area is 139 Å². The van der Waals surface area contributed by atoms with Crippen LogP contribution in [-0.2, 0) is 9.53 Å². The van der Waals surface area contributed by atoms with Crippen LogP contribution in [0.4, 0.5) is 5.69 Å². The van der Waals surface area contributed by atoms with Crippen molar-refractivity contribution in [3.05, 3.63) is 29.8 Å². The molecule has 0 aliphatic carbocycles. The van der Waals surface area contributed by atoms with Crippen LogP contribution in [0.3, 0.4) is 0 Å². The lowest BCUT2D eigenvalue weighted by molar-refractivity contribution is -0.117. The van der Waals surface area contributed by atoms with E-state index in [2.05, 4.69) is 24.1 Å². The fourth-order valence-electron chi connectivity index (χ4n) is 3.90. The highest BCUT2D eigenvalue weighted by molar-refractivity contribution is 5.92. The number of ether oxygens (including phenoxy) is 1. The van der Waals surface area contributed by atoms with Gasteiger partial charge in [-0.05, 0) is 70.7 Å². The van der Waals surface area contributed by atoms with Crippen LogP contribution in [0.1, 0.15) is 38.7 Å². The van der Waals surface area contributed by atoms with Crippen molar-refractivity contribution in [3.63, 3.8) is 0 Å². The van der Waals surface area contributed by atoms with Crippen molar-refractivity contribution in [1.82, 2.24) is 4.90 Å². The van der Waals surface area contributed by atoms with Crippen molar-refractivity contribution >= 4 is 11.6 Å². The zero-order chi connectivity index (χ0) is 16.5. The van der Waals surface area contributed by atoms with E-state index in [-0.39, 0.29) is 11.5 Å². The van der Waals surface area contributed by atoms with Crippen molar-refractivity contribution in [1.29, 1.82) is 0 Å². The quantitative estimate of drug-likeness (QED) is 0.931. The van der Waals surface area contributed by atoms with Gasteiger partial charge in [0.2, 0.25) is 5.91 Å². The molecule has 0 bridgehead atoms. The van der Waals surface area contributed by atoms with Gasteiger partial charge in [0, 0.05) is 5.69 Å². The second-order valence-electron chi connectivity index (χ2n) is 7.92. The average Bonchev–Trinajstić information content (AvgIpc) is 2.79. The summed E-state index contributed by atoms with van der Waals surface area (Å²) in [4.78, 5) is 14.5. The fraction of sp³-hybridized carbons (Fsp3) is 0.632.